The second kappa shape index (κ2) is 10.8. The van der Waals surface area contributed by atoms with Gasteiger partial charge in [0.25, 0.3) is 0 Å². The van der Waals surface area contributed by atoms with Crippen molar-refractivity contribution in [2.75, 3.05) is 42.7 Å². The molecule has 3 aromatic rings. The third-order valence-corrected chi connectivity index (χ3v) is 6.34. The fraction of sp³-hybridized carbons (Fsp3) is 0.542. The quantitative estimate of drug-likeness (QED) is 0.331. The topological polar surface area (TPSA) is 117 Å². The molecule has 9 heteroatoms. The average molecular weight is 453 g/mol. The number of nitrogens with zero attached hydrogens (tertiary/aromatic N) is 5. The number of nitrogens with two attached hydrogens (primary N) is 1. The van der Waals surface area contributed by atoms with Crippen LogP contribution in [0.2, 0.25) is 0 Å². The lowest BCUT2D eigenvalue weighted by Gasteiger charge is -2.26. The van der Waals surface area contributed by atoms with E-state index in [0.29, 0.717) is 36.0 Å². The molecule has 1 aliphatic rings. The van der Waals surface area contributed by atoms with Crippen molar-refractivity contribution in [1.82, 2.24) is 25.1 Å². The minimum atomic E-state index is 0.0449. The molecule has 1 saturated carbocycles. The Hall–Kier alpha value is -2.91. The van der Waals surface area contributed by atoms with E-state index in [2.05, 4.69) is 45.7 Å². The maximum atomic E-state index is 9.55. The number of unbranched alkanes of at least 4 members (excludes halogenated alkanes) is 1. The summed E-state index contributed by atoms with van der Waals surface area (Å²) in [6.07, 6.45) is 7.88. The van der Waals surface area contributed by atoms with Crippen LogP contribution in [0.25, 0.3) is 11.0 Å². The molecule has 178 valence electrons. The zero-order valence-corrected chi connectivity index (χ0v) is 19.7. The molecule has 0 bridgehead atoms. The molecule has 2 heterocycles. The Bertz CT molecular complexity index is 1060. The van der Waals surface area contributed by atoms with Crippen molar-refractivity contribution >= 4 is 28.5 Å². The van der Waals surface area contributed by atoms with E-state index in [1.807, 2.05) is 22.8 Å². The number of hydrogen-bond donors (Lipinski definition) is 4. The number of anilines is 3. The van der Waals surface area contributed by atoms with Crippen LogP contribution in [0.15, 0.2) is 24.4 Å². The molecule has 0 aliphatic heterocycles. The molecular weight excluding hydrogens is 416 g/mol. The second-order valence-corrected chi connectivity index (χ2v) is 8.78. The monoisotopic (exact) mass is 452 g/mol. The summed E-state index contributed by atoms with van der Waals surface area (Å²) >= 11 is 0. The Morgan fingerprint density at radius 3 is 2.79 bits per heavy atom. The number of nitrogens with one attached hydrogen (secondary N) is 2. The molecule has 1 aliphatic carbocycles. The summed E-state index contributed by atoms with van der Waals surface area (Å²) in [5.41, 5.74) is 11.0. The van der Waals surface area contributed by atoms with Gasteiger partial charge in [0, 0.05) is 38.4 Å². The van der Waals surface area contributed by atoms with Gasteiger partial charge in [0.15, 0.2) is 11.3 Å². The number of hydrogen-bond acceptors (Lipinski definition) is 8. The van der Waals surface area contributed by atoms with Crippen molar-refractivity contribution in [2.24, 2.45) is 0 Å². The first-order chi connectivity index (χ1) is 16.1. The fourth-order valence-corrected chi connectivity index (χ4v) is 4.21. The van der Waals surface area contributed by atoms with Crippen LogP contribution in [-0.4, -0.2) is 57.6 Å². The van der Waals surface area contributed by atoms with E-state index < -0.39 is 0 Å². The molecule has 33 heavy (non-hydrogen) atoms. The summed E-state index contributed by atoms with van der Waals surface area (Å²) in [6.45, 7) is 4.96. The summed E-state index contributed by atoms with van der Waals surface area (Å²) in [6, 6.07) is 7.23. The molecular formula is C24H36N8O. The number of fused-ring (bicyclic) bond motifs is 1. The predicted molar refractivity (Wildman–Crippen MR) is 134 cm³/mol. The summed E-state index contributed by atoms with van der Waals surface area (Å²) in [4.78, 5) is 10.9. The molecule has 0 unspecified atom stereocenters. The first kappa shape index (κ1) is 23.3. The van der Waals surface area contributed by atoms with E-state index >= 15 is 0 Å². The third kappa shape index (κ3) is 5.54. The largest absolute Gasteiger partial charge is 0.395 e. The van der Waals surface area contributed by atoms with Gasteiger partial charge in [0.05, 0.1) is 19.3 Å². The Labute approximate surface area is 195 Å². The van der Waals surface area contributed by atoms with Crippen molar-refractivity contribution < 1.29 is 5.11 Å². The van der Waals surface area contributed by atoms with Gasteiger partial charge in [-0.15, -0.1) is 0 Å². The molecule has 1 aromatic carbocycles. The highest BCUT2D eigenvalue weighted by atomic mass is 16.3. The first-order valence-corrected chi connectivity index (χ1v) is 12.0. The Balaban J connectivity index is 1.57. The van der Waals surface area contributed by atoms with E-state index in [1.54, 1.807) is 0 Å². The number of aliphatic hydroxyl groups excluding tert-OH is 1. The standard InChI is InChI=1S/C24H36N8O/c1-3-4-10-31(11-12-33)23-22-21(28-24(25)29-23)16-32(30-22)15-18-9-8-17(13-20(18)26-2)14-27-19-6-5-7-19/h8-9,13,16,19,26-27,33H,3-7,10-12,14-15H2,1-2H3,(H2,25,28). The predicted octanol–water partition coefficient (Wildman–Crippen LogP) is 2.74. The van der Waals surface area contributed by atoms with Crippen LogP contribution in [0, 0.1) is 0 Å². The van der Waals surface area contributed by atoms with Crippen LogP contribution in [-0.2, 0) is 13.1 Å². The maximum Gasteiger partial charge on any atom is 0.222 e. The van der Waals surface area contributed by atoms with Crippen LogP contribution in [0.4, 0.5) is 17.5 Å². The minimum absolute atomic E-state index is 0.0449. The summed E-state index contributed by atoms with van der Waals surface area (Å²) in [7, 11) is 1.95. The number of nitrogen functional groups attached to an aromatic ring is 1. The molecule has 2 aromatic heterocycles. The van der Waals surface area contributed by atoms with Crippen LogP contribution in [0.3, 0.4) is 0 Å². The lowest BCUT2D eigenvalue weighted by Crippen LogP contribution is -2.34. The average Bonchev–Trinajstić information content (AvgIpc) is 3.18. The van der Waals surface area contributed by atoms with Crippen molar-refractivity contribution in [3.63, 3.8) is 0 Å². The van der Waals surface area contributed by atoms with Gasteiger partial charge in [-0.1, -0.05) is 31.9 Å². The Morgan fingerprint density at radius 2 is 2.09 bits per heavy atom. The highest BCUT2D eigenvalue weighted by Crippen LogP contribution is 2.26. The van der Waals surface area contributed by atoms with Crippen LogP contribution in [0.5, 0.6) is 0 Å². The van der Waals surface area contributed by atoms with Gasteiger partial charge in [-0.2, -0.15) is 10.1 Å². The van der Waals surface area contributed by atoms with Crippen LogP contribution >= 0.6 is 0 Å². The van der Waals surface area contributed by atoms with E-state index in [4.69, 9.17) is 10.8 Å². The van der Waals surface area contributed by atoms with Gasteiger partial charge in [0.2, 0.25) is 5.95 Å². The normalized spacial score (nSPS) is 13.9. The number of aromatic nitrogens is 4. The molecule has 1 fully saturated rings. The van der Waals surface area contributed by atoms with E-state index in [9.17, 15) is 5.11 Å². The molecule has 4 rings (SSSR count). The van der Waals surface area contributed by atoms with Gasteiger partial charge in [-0.25, -0.2) is 4.98 Å². The van der Waals surface area contributed by atoms with Gasteiger partial charge in [-0.05, 0) is 36.5 Å². The van der Waals surface area contributed by atoms with Crippen molar-refractivity contribution in [1.29, 1.82) is 0 Å². The first-order valence-electron chi connectivity index (χ1n) is 12.0. The van der Waals surface area contributed by atoms with Gasteiger partial charge in [-0.3, -0.25) is 4.68 Å². The van der Waals surface area contributed by atoms with E-state index in [0.717, 1.165) is 37.2 Å². The zero-order valence-electron chi connectivity index (χ0n) is 19.7. The number of benzene rings is 1. The second-order valence-electron chi connectivity index (χ2n) is 8.78. The van der Waals surface area contributed by atoms with E-state index in [-0.39, 0.29) is 12.6 Å². The van der Waals surface area contributed by atoms with Gasteiger partial charge in [0.1, 0.15) is 5.52 Å². The summed E-state index contributed by atoms with van der Waals surface area (Å²) in [5, 5.41) is 21.3. The molecule has 0 spiro atoms. The highest BCUT2D eigenvalue weighted by Gasteiger charge is 2.18. The molecule has 0 radical (unpaired) electrons. The zero-order chi connectivity index (χ0) is 23.2. The Morgan fingerprint density at radius 1 is 1.24 bits per heavy atom. The van der Waals surface area contributed by atoms with Crippen LogP contribution in [0.1, 0.15) is 50.2 Å². The fourth-order valence-electron chi connectivity index (χ4n) is 4.21. The molecule has 0 saturated heterocycles. The molecule has 0 amide bonds. The lowest BCUT2D eigenvalue weighted by molar-refractivity contribution is 0.301. The molecule has 9 nitrogen and oxygen atoms in total. The maximum absolute atomic E-state index is 9.55. The summed E-state index contributed by atoms with van der Waals surface area (Å²) < 4.78 is 1.89. The molecule has 5 N–H and O–H groups in total. The SMILES string of the molecule is CCCCN(CCO)c1nc(N)nc2cn(Cc3ccc(CNC4CCC4)cc3NC)nc12. The van der Waals surface area contributed by atoms with Crippen molar-refractivity contribution in [2.45, 2.75) is 58.2 Å². The van der Waals surface area contributed by atoms with Gasteiger partial charge >= 0.3 is 0 Å². The van der Waals surface area contributed by atoms with Gasteiger partial charge < -0.3 is 26.4 Å². The Kier molecular flexibility index (Phi) is 7.61. The van der Waals surface area contributed by atoms with E-state index in [1.165, 1.54) is 24.8 Å². The minimum Gasteiger partial charge on any atom is -0.395 e. The molecule has 0 atom stereocenters. The number of aliphatic hydroxyl groups is 1. The van der Waals surface area contributed by atoms with Crippen molar-refractivity contribution in [3.05, 3.63) is 35.5 Å². The van der Waals surface area contributed by atoms with Crippen LogP contribution < -0.4 is 21.3 Å². The number of rotatable bonds is 12. The van der Waals surface area contributed by atoms with Crippen molar-refractivity contribution in [3.8, 4) is 0 Å². The summed E-state index contributed by atoms with van der Waals surface area (Å²) in [5.74, 6) is 0.903. The smallest absolute Gasteiger partial charge is 0.222 e. The third-order valence-electron chi connectivity index (χ3n) is 6.34. The highest BCUT2D eigenvalue weighted by molar-refractivity contribution is 5.86. The lowest BCUT2D eigenvalue weighted by atomic mass is 9.93.